The number of hydrogen-bond acceptors (Lipinski definition) is 5. The summed E-state index contributed by atoms with van der Waals surface area (Å²) in [5, 5.41) is 23.0. The van der Waals surface area contributed by atoms with Crippen molar-refractivity contribution in [3.8, 4) is 11.3 Å². The fourth-order valence-electron chi connectivity index (χ4n) is 1.62. The Labute approximate surface area is 105 Å². The van der Waals surface area contributed by atoms with Gasteiger partial charge in [0, 0.05) is 11.6 Å². The molecular formula is C11H7FN2O5. The summed E-state index contributed by atoms with van der Waals surface area (Å²) >= 11 is 0. The molecule has 0 aliphatic carbocycles. The average molecular weight is 266 g/mol. The number of carboxylic acids is 1. The van der Waals surface area contributed by atoms with E-state index in [1.807, 2.05) is 0 Å². The quantitative estimate of drug-likeness (QED) is 0.675. The number of nitro groups is 1. The van der Waals surface area contributed by atoms with Crippen molar-refractivity contribution >= 4 is 11.7 Å². The van der Waals surface area contributed by atoms with Crippen LogP contribution in [-0.2, 0) is 0 Å². The van der Waals surface area contributed by atoms with E-state index in [9.17, 15) is 19.3 Å². The Hall–Kier alpha value is -2.77. The first-order valence-corrected chi connectivity index (χ1v) is 5.05. The normalized spacial score (nSPS) is 10.4. The van der Waals surface area contributed by atoms with Crippen LogP contribution in [-0.4, -0.2) is 21.2 Å². The monoisotopic (exact) mass is 266 g/mol. The smallest absolute Gasteiger partial charge is 0.341 e. The lowest BCUT2D eigenvalue weighted by molar-refractivity contribution is -0.385. The number of aromatic carboxylic acids is 1. The first kappa shape index (κ1) is 12.7. The summed E-state index contributed by atoms with van der Waals surface area (Å²) in [5.74, 6) is -2.23. The van der Waals surface area contributed by atoms with Gasteiger partial charge < -0.3 is 9.63 Å². The van der Waals surface area contributed by atoms with Crippen LogP contribution < -0.4 is 0 Å². The maximum absolute atomic E-state index is 13.8. The lowest BCUT2D eigenvalue weighted by atomic mass is 10.1. The van der Waals surface area contributed by atoms with E-state index in [4.69, 9.17) is 9.63 Å². The fraction of sp³-hybridized carbons (Fsp3) is 0.0909. The van der Waals surface area contributed by atoms with Crippen LogP contribution in [0.5, 0.6) is 0 Å². The summed E-state index contributed by atoms with van der Waals surface area (Å²) in [6, 6.07) is 2.86. The second-order valence-electron chi connectivity index (χ2n) is 3.69. The molecular weight excluding hydrogens is 259 g/mol. The molecule has 0 radical (unpaired) electrons. The van der Waals surface area contributed by atoms with Crippen LogP contribution in [0.25, 0.3) is 11.3 Å². The lowest BCUT2D eigenvalue weighted by Gasteiger charge is -2.00. The van der Waals surface area contributed by atoms with Gasteiger partial charge in [0.25, 0.3) is 5.69 Å². The number of aryl methyl sites for hydroxylation is 1. The van der Waals surface area contributed by atoms with Gasteiger partial charge in [-0.2, -0.15) is 0 Å². The van der Waals surface area contributed by atoms with Crippen LogP contribution in [0.2, 0.25) is 0 Å². The predicted molar refractivity (Wildman–Crippen MR) is 60.2 cm³/mol. The van der Waals surface area contributed by atoms with E-state index in [0.717, 1.165) is 12.1 Å². The maximum Gasteiger partial charge on any atom is 0.341 e. The second kappa shape index (κ2) is 4.48. The van der Waals surface area contributed by atoms with Crippen molar-refractivity contribution in [3.05, 3.63) is 45.5 Å². The number of aromatic nitrogens is 1. The van der Waals surface area contributed by atoms with Gasteiger partial charge in [-0.05, 0) is 13.0 Å². The van der Waals surface area contributed by atoms with Crippen LogP contribution in [0.3, 0.4) is 0 Å². The zero-order valence-corrected chi connectivity index (χ0v) is 9.58. The molecule has 0 unspecified atom stereocenters. The van der Waals surface area contributed by atoms with E-state index < -0.39 is 22.4 Å². The van der Waals surface area contributed by atoms with Gasteiger partial charge in [-0.1, -0.05) is 5.16 Å². The molecule has 19 heavy (non-hydrogen) atoms. The van der Waals surface area contributed by atoms with E-state index in [1.54, 1.807) is 0 Å². The average Bonchev–Trinajstić information content (AvgIpc) is 2.70. The van der Waals surface area contributed by atoms with E-state index in [0.29, 0.717) is 6.07 Å². The van der Waals surface area contributed by atoms with Gasteiger partial charge in [-0.15, -0.1) is 0 Å². The Morgan fingerprint density at radius 2 is 2.21 bits per heavy atom. The Kier molecular flexibility index (Phi) is 2.99. The van der Waals surface area contributed by atoms with Gasteiger partial charge in [-0.25, -0.2) is 9.18 Å². The molecule has 0 fully saturated rings. The molecule has 1 N–H and O–H groups in total. The number of rotatable bonds is 3. The topological polar surface area (TPSA) is 106 Å². The largest absolute Gasteiger partial charge is 0.477 e. The molecule has 0 bridgehead atoms. The van der Waals surface area contributed by atoms with Crippen molar-refractivity contribution in [3.63, 3.8) is 0 Å². The minimum absolute atomic E-state index is 0.0280. The number of hydrogen-bond donors (Lipinski definition) is 1. The standard InChI is InChI=1S/C11H7FN2O5/c1-5-9(11(15)16)10(13-19-5)7-3-2-6(14(17)18)4-8(7)12/h2-4H,1H3,(H,15,16). The van der Waals surface area contributed by atoms with Gasteiger partial charge in [0.05, 0.1) is 11.0 Å². The Morgan fingerprint density at radius 3 is 2.74 bits per heavy atom. The molecule has 0 spiro atoms. The molecule has 8 heteroatoms. The van der Waals surface area contributed by atoms with Crippen LogP contribution in [0, 0.1) is 22.9 Å². The van der Waals surface area contributed by atoms with Crippen molar-refractivity contribution in [1.82, 2.24) is 5.16 Å². The predicted octanol–water partition coefficient (Wildman–Crippen LogP) is 2.40. The highest BCUT2D eigenvalue weighted by atomic mass is 19.1. The summed E-state index contributed by atoms with van der Waals surface area (Å²) in [5.41, 5.74) is -1.07. The molecule has 2 rings (SSSR count). The van der Waals surface area contributed by atoms with Crippen molar-refractivity contribution in [2.24, 2.45) is 0 Å². The number of carboxylic acid groups (broad SMARTS) is 1. The third kappa shape index (κ3) is 2.15. The first-order chi connectivity index (χ1) is 8.91. The van der Waals surface area contributed by atoms with Crippen LogP contribution in [0.1, 0.15) is 16.1 Å². The van der Waals surface area contributed by atoms with Crippen LogP contribution >= 0.6 is 0 Å². The zero-order valence-electron chi connectivity index (χ0n) is 9.58. The van der Waals surface area contributed by atoms with Crippen molar-refractivity contribution in [1.29, 1.82) is 0 Å². The minimum Gasteiger partial charge on any atom is -0.477 e. The molecule has 2 aromatic rings. The zero-order chi connectivity index (χ0) is 14.2. The molecule has 7 nitrogen and oxygen atoms in total. The second-order valence-corrected chi connectivity index (χ2v) is 3.69. The number of non-ortho nitro benzene ring substituents is 1. The highest BCUT2D eigenvalue weighted by molar-refractivity contribution is 5.95. The molecule has 0 amide bonds. The molecule has 0 aliphatic heterocycles. The molecule has 98 valence electrons. The van der Waals surface area contributed by atoms with E-state index in [1.165, 1.54) is 6.92 Å². The third-order valence-electron chi connectivity index (χ3n) is 2.50. The number of benzene rings is 1. The lowest BCUT2D eigenvalue weighted by Crippen LogP contribution is -2.00. The molecule has 0 saturated heterocycles. The fourth-order valence-corrected chi connectivity index (χ4v) is 1.62. The molecule has 1 heterocycles. The van der Waals surface area contributed by atoms with Gasteiger partial charge in [-0.3, -0.25) is 10.1 Å². The maximum atomic E-state index is 13.8. The van der Waals surface area contributed by atoms with Gasteiger partial charge in [0.1, 0.15) is 22.8 Å². The molecule has 0 saturated carbocycles. The SMILES string of the molecule is Cc1onc(-c2ccc([N+](=O)[O-])cc2F)c1C(=O)O. The van der Waals surface area contributed by atoms with Crippen molar-refractivity contribution in [2.45, 2.75) is 6.92 Å². The molecule has 1 aromatic heterocycles. The Balaban J connectivity index is 2.60. The number of halogens is 1. The van der Waals surface area contributed by atoms with Crippen LogP contribution in [0.15, 0.2) is 22.7 Å². The highest BCUT2D eigenvalue weighted by Crippen LogP contribution is 2.29. The minimum atomic E-state index is -1.31. The van der Waals surface area contributed by atoms with Crippen molar-refractivity contribution < 1.29 is 23.7 Å². The Bertz CT molecular complexity index is 680. The first-order valence-electron chi connectivity index (χ1n) is 5.05. The summed E-state index contributed by atoms with van der Waals surface area (Å²) in [6.45, 7) is 1.38. The molecule has 0 aliphatic rings. The third-order valence-corrected chi connectivity index (χ3v) is 2.50. The molecule has 0 atom stereocenters. The summed E-state index contributed by atoms with van der Waals surface area (Å²) < 4.78 is 18.5. The van der Waals surface area contributed by atoms with Gasteiger partial charge in [0.2, 0.25) is 0 Å². The van der Waals surface area contributed by atoms with Gasteiger partial charge >= 0.3 is 5.97 Å². The summed E-state index contributed by atoms with van der Waals surface area (Å²) in [7, 11) is 0. The highest BCUT2D eigenvalue weighted by Gasteiger charge is 2.24. The Morgan fingerprint density at radius 1 is 1.53 bits per heavy atom. The number of nitro benzene ring substituents is 1. The van der Waals surface area contributed by atoms with Crippen molar-refractivity contribution in [2.75, 3.05) is 0 Å². The summed E-state index contributed by atoms with van der Waals surface area (Å²) in [6.07, 6.45) is 0. The van der Waals surface area contributed by atoms with E-state index >= 15 is 0 Å². The van der Waals surface area contributed by atoms with Crippen LogP contribution in [0.4, 0.5) is 10.1 Å². The van der Waals surface area contributed by atoms with E-state index in [-0.39, 0.29) is 22.6 Å². The van der Waals surface area contributed by atoms with Gasteiger partial charge in [0.15, 0.2) is 0 Å². The number of carbonyl (C=O) groups is 1. The molecule has 1 aromatic carbocycles. The summed E-state index contributed by atoms with van der Waals surface area (Å²) in [4.78, 5) is 20.8. The number of nitrogens with zero attached hydrogens (tertiary/aromatic N) is 2. The van der Waals surface area contributed by atoms with E-state index in [2.05, 4.69) is 5.16 Å².